The van der Waals surface area contributed by atoms with Crippen LogP contribution in [0.2, 0.25) is 0 Å². The number of ether oxygens (including phenoxy) is 1. The molecule has 1 aromatic heterocycles. The van der Waals surface area contributed by atoms with E-state index >= 15 is 0 Å². The molecule has 1 fully saturated rings. The van der Waals surface area contributed by atoms with Crippen LogP contribution in [0.4, 0.5) is 10.7 Å². The quantitative estimate of drug-likeness (QED) is 0.628. The highest BCUT2D eigenvalue weighted by Crippen LogP contribution is 2.44. The summed E-state index contributed by atoms with van der Waals surface area (Å²) in [4.78, 5) is 12.6. The molecule has 118 valence electrons. The fraction of sp³-hybridized carbons (Fsp3) is 0.688. The molecule has 0 aromatic carbocycles. The Labute approximate surface area is 131 Å². The third-order valence-electron chi connectivity index (χ3n) is 4.27. The Kier molecular flexibility index (Phi) is 5.51. The second kappa shape index (κ2) is 7.16. The van der Waals surface area contributed by atoms with Gasteiger partial charge in [0, 0.05) is 12.5 Å². The average molecular weight is 310 g/mol. The Morgan fingerprint density at radius 3 is 2.81 bits per heavy atom. The average Bonchev–Trinajstić information content (AvgIpc) is 2.64. The first kappa shape index (κ1) is 16.1. The Morgan fingerprint density at radius 1 is 1.38 bits per heavy atom. The zero-order valence-electron chi connectivity index (χ0n) is 13.2. The van der Waals surface area contributed by atoms with Crippen LogP contribution in [0, 0.1) is 5.92 Å². The third-order valence-corrected chi connectivity index (χ3v) is 5.43. The molecule has 5 heteroatoms. The molecule has 1 heterocycles. The first-order valence-electron chi connectivity index (χ1n) is 7.82. The minimum absolute atomic E-state index is 0.0818. The normalized spacial score (nSPS) is 22.6. The zero-order chi connectivity index (χ0) is 15.4. The fourth-order valence-corrected chi connectivity index (χ4v) is 4.09. The van der Waals surface area contributed by atoms with Gasteiger partial charge in [-0.05, 0) is 25.2 Å². The molecule has 0 aliphatic heterocycles. The lowest BCUT2D eigenvalue weighted by Gasteiger charge is -2.17. The minimum Gasteiger partial charge on any atom is -0.492 e. The molecule has 0 bridgehead atoms. The molecule has 0 spiro atoms. The zero-order valence-corrected chi connectivity index (χ0v) is 14.0. The summed E-state index contributed by atoms with van der Waals surface area (Å²) in [7, 11) is 1.61. The van der Waals surface area contributed by atoms with Gasteiger partial charge in [0.05, 0.1) is 17.7 Å². The highest BCUT2D eigenvalue weighted by atomic mass is 32.1. The van der Waals surface area contributed by atoms with E-state index in [2.05, 4.69) is 12.2 Å². The van der Waals surface area contributed by atoms with Gasteiger partial charge >= 0.3 is 0 Å². The van der Waals surface area contributed by atoms with Crippen LogP contribution in [0.3, 0.4) is 0 Å². The van der Waals surface area contributed by atoms with E-state index in [-0.39, 0.29) is 5.78 Å². The van der Waals surface area contributed by atoms with Gasteiger partial charge < -0.3 is 15.8 Å². The first-order chi connectivity index (χ1) is 10.1. The molecule has 3 N–H and O–H groups in total. The Hall–Kier alpha value is -1.23. The molecule has 1 aliphatic carbocycles. The van der Waals surface area contributed by atoms with Gasteiger partial charge in [-0.3, -0.25) is 4.79 Å². The van der Waals surface area contributed by atoms with Crippen molar-refractivity contribution in [1.82, 2.24) is 0 Å². The molecule has 0 saturated heterocycles. The highest BCUT2D eigenvalue weighted by molar-refractivity contribution is 7.19. The summed E-state index contributed by atoms with van der Waals surface area (Å²) in [5, 5.41) is 4.47. The van der Waals surface area contributed by atoms with Crippen molar-refractivity contribution in [3.63, 3.8) is 0 Å². The molecule has 1 aromatic rings. The van der Waals surface area contributed by atoms with E-state index in [9.17, 15) is 4.79 Å². The molecular formula is C16H26N2O2S. The Bertz CT molecular complexity index is 499. The van der Waals surface area contributed by atoms with Crippen LogP contribution >= 0.6 is 11.3 Å². The third kappa shape index (κ3) is 3.70. The van der Waals surface area contributed by atoms with Gasteiger partial charge in [0.25, 0.3) is 0 Å². The van der Waals surface area contributed by atoms with Crippen molar-refractivity contribution in [3.8, 4) is 5.75 Å². The fourth-order valence-electron chi connectivity index (χ4n) is 2.91. The van der Waals surface area contributed by atoms with Crippen molar-refractivity contribution >= 4 is 27.8 Å². The van der Waals surface area contributed by atoms with Gasteiger partial charge in [0.1, 0.15) is 5.00 Å². The molecule has 0 radical (unpaired) electrons. The number of carbonyl (C=O) groups excluding carboxylic acids is 1. The van der Waals surface area contributed by atoms with Gasteiger partial charge in [-0.15, -0.1) is 11.3 Å². The maximum Gasteiger partial charge on any atom is 0.176 e. The number of ketones is 1. The summed E-state index contributed by atoms with van der Waals surface area (Å²) in [5.74, 6) is 1.52. The first-order valence-corrected chi connectivity index (χ1v) is 8.64. The molecular weight excluding hydrogens is 284 g/mol. The molecule has 2 rings (SSSR count). The van der Waals surface area contributed by atoms with E-state index in [4.69, 9.17) is 10.5 Å². The minimum atomic E-state index is 0.0818. The number of hydrogen-bond acceptors (Lipinski definition) is 5. The van der Waals surface area contributed by atoms with Gasteiger partial charge in [-0.25, -0.2) is 0 Å². The number of nitrogens with two attached hydrogens (primary N) is 1. The number of anilines is 2. The van der Waals surface area contributed by atoms with Gasteiger partial charge in [-0.1, -0.05) is 26.7 Å². The molecule has 2 unspecified atom stereocenters. The lowest BCUT2D eigenvalue weighted by atomic mass is 10.0. The predicted molar refractivity (Wildman–Crippen MR) is 89.6 cm³/mol. The van der Waals surface area contributed by atoms with E-state index in [1.54, 1.807) is 7.11 Å². The molecule has 1 aliphatic rings. The summed E-state index contributed by atoms with van der Waals surface area (Å²) in [6.07, 6.45) is 6.61. The number of rotatable bonds is 5. The van der Waals surface area contributed by atoms with Crippen molar-refractivity contribution in [2.24, 2.45) is 5.92 Å². The number of hydrogen-bond donors (Lipinski definition) is 2. The van der Waals surface area contributed by atoms with Crippen molar-refractivity contribution in [2.45, 2.75) is 58.4 Å². The molecule has 21 heavy (non-hydrogen) atoms. The van der Waals surface area contributed by atoms with Crippen LogP contribution in [0.5, 0.6) is 5.75 Å². The summed E-state index contributed by atoms with van der Waals surface area (Å²) in [6.45, 7) is 4.18. The van der Waals surface area contributed by atoms with Crippen LogP contribution in [0.25, 0.3) is 0 Å². The predicted octanol–water partition coefficient (Wildman–Crippen LogP) is 4.31. The topological polar surface area (TPSA) is 64.3 Å². The summed E-state index contributed by atoms with van der Waals surface area (Å²) in [5.41, 5.74) is 6.56. The summed E-state index contributed by atoms with van der Waals surface area (Å²) in [6, 6.07) is 0.450. The van der Waals surface area contributed by atoms with Crippen LogP contribution in [-0.4, -0.2) is 18.9 Å². The second-order valence-electron chi connectivity index (χ2n) is 5.94. The number of thiophene rings is 1. The SMILES string of the molecule is CCC(=O)c1sc(NC2CCCC(C)CC2)c(OC)c1N. The molecule has 2 atom stereocenters. The lowest BCUT2D eigenvalue weighted by Crippen LogP contribution is -2.18. The highest BCUT2D eigenvalue weighted by Gasteiger charge is 2.23. The van der Waals surface area contributed by atoms with E-state index in [1.807, 2.05) is 6.92 Å². The lowest BCUT2D eigenvalue weighted by molar-refractivity contribution is 0.0992. The van der Waals surface area contributed by atoms with Crippen LogP contribution in [-0.2, 0) is 0 Å². The number of nitrogen functional groups attached to an aromatic ring is 1. The molecule has 4 nitrogen and oxygen atoms in total. The van der Waals surface area contributed by atoms with Gasteiger partial charge in [0.2, 0.25) is 0 Å². The maximum absolute atomic E-state index is 12.0. The van der Waals surface area contributed by atoms with Gasteiger partial charge in [-0.2, -0.15) is 0 Å². The van der Waals surface area contributed by atoms with E-state index < -0.39 is 0 Å². The maximum atomic E-state index is 12.0. The van der Waals surface area contributed by atoms with Crippen molar-refractivity contribution in [2.75, 3.05) is 18.2 Å². The standard InChI is InChI=1S/C16H26N2O2S/c1-4-12(19)15-13(17)14(20-3)16(21-15)18-11-7-5-6-10(2)8-9-11/h10-11,18H,4-9,17H2,1-3H3. The van der Waals surface area contributed by atoms with E-state index in [0.29, 0.717) is 28.8 Å². The van der Waals surface area contributed by atoms with Crippen molar-refractivity contribution in [1.29, 1.82) is 0 Å². The number of nitrogens with one attached hydrogen (secondary N) is 1. The summed E-state index contributed by atoms with van der Waals surface area (Å²) >= 11 is 1.43. The Balaban J connectivity index is 2.17. The van der Waals surface area contributed by atoms with E-state index in [0.717, 1.165) is 10.9 Å². The van der Waals surface area contributed by atoms with Crippen molar-refractivity contribution < 1.29 is 9.53 Å². The molecule has 0 amide bonds. The van der Waals surface area contributed by atoms with E-state index in [1.165, 1.54) is 43.4 Å². The van der Waals surface area contributed by atoms with Crippen LogP contribution < -0.4 is 15.8 Å². The van der Waals surface area contributed by atoms with Crippen LogP contribution in [0.15, 0.2) is 0 Å². The number of methoxy groups -OCH3 is 1. The monoisotopic (exact) mass is 310 g/mol. The van der Waals surface area contributed by atoms with Crippen LogP contribution in [0.1, 0.15) is 62.0 Å². The second-order valence-corrected chi connectivity index (χ2v) is 6.96. The number of Topliss-reactive ketones (excluding diaryl/α,β-unsaturated/α-hetero) is 1. The van der Waals surface area contributed by atoms with Crippen molar-refractivity contribution in [3.05, 3.63) is 4.88 Å². The molecule has 1 saturated carbocycles. The van der Waals surface area contributed by atoms with Gasteiger partial charge in [0.15, 0.2) is 11.5 Å². The number of carbonyl (C=O) groups is 1. The smallest absolute Gasteiger partial charge is 0.176 e. The largest absolute Gasteiger partial charge is 0.492 e. The Morgan fingerprint density at radius 2 is 2.14 bits per heavy atom. The summed E-state index contributed by atoms with van der Waals surface area (Å²) < 4.78 is 5.42.